The van der Waals surface area contributed by atoms with Gasteiger partial charge in [0.1, 0.15) is 18.1 Å². The highest BCUT2D eigenvalue weighted by atomic mass is 35.5. The molecule has 2 N–H and O–H groups in total. The second-order valence-electron chi connectivity index (χ2n) is 7.86. The first-order valence-electron chi connectivity index (χ1n) is 10.5. The second kappa shape index (κ2) is 11.1. The van der Waals surface area contributed by atoms with E-state index in [0.717, 1.165) is 18.4 Å². The van der Waals surface area contributed by atoms with E-state index < -0.39 is 38.7 Å². The number of halogens is 4. The number of ether oxygens (including phenoxy) is 1. The van der Waals surface area contributed by atoms with Crippen LogP contribution < -0.4 is 14.8 Å². The number of carbonyl (C=O) groups is 1. The molecule has 0 saturated carbocycles. The molecule has 1 aromatic carbocycles. The summed E-state index contributed by atoms with van der Waals surface area (Å²) in [6.07, 6.45) is 4.00. The van der Waals surface area contributed by atoms with Gasteiger partial charge < -0.3 is 10.1 Å². The van der Waals surface area contributed by atoms with Crippen LogP contribution in [0, 0.1) is 5.82 Å². The van der Waals surface area contributed by atoms with Crippen molar-refractivity contribution < 1.29 is 31.1 Å². The average molecular weight is 543 g/mol. The van der Waals surface area contributed by atoms with Crippen molar-refractivity contribution in [3.63, 3.8) is 0 Å². The molecule has 3 aromatic rings. The maximum atomic E-state index is 14.3. The summed E-state index contributed by atoms with van der Waals surface area (Å²) in [4.78, 5) is 20.5. The Morgan fingerprint density at radius 3 is 2.58 bits per heavy atom. The third-order valence-corrected chi connectivity index (χ3v) is 5.75. The van der Waals surface area contributed by atoms with Gasteiger partial charge in [0.2, 0.25) is 21.8 Å². The monoisotopic (exact) mass is 542 g/mol. The molecule has 0 bridgehead atoms. The van der Waals surface area contributed by atoms with Crippen LogP contribution in [0.25, 0.3) is 0 Å². The molecule has 2 aromatic heterocycles. The molecule has 192 valence electrons. The molecule has 36 heavy (non-hydrogen) atoms. The minimum atomic E-state index is -3.72. The van der Waals surface area contributed by atoms with Crippen molar-refractivity contribution in [2.45, 2.75) is 31.4 Å². The first-order valence-corrected chi connectivity index (χ1v) is 12.7. The molecular weight excluding hydrogens is 521 g/mol. The summed E-state index contributed by atoms with van der Waals surface area (Å²) in [6.45, 7) is 1.40. The highest BCUT2D eigenvalue weighted by Gasteiger charge is 2.31. The van der Waals surface area contributed by atoms with E-state index in [4.69, 9.17) is 16.3 Å². The molecule has 13 heteroatoms. The Labute approximate surface area is 210 Å². The van der Waals surface area contributed by atoms with Gasteiger partial charge in [0, 0.05) is 30.1 Å². The van der Waals surface area contributed by atoms with Crippen LogP contribution in [0.4, 0.5) is 18.9 Å². The molecule has 0 fully saturated rings. The van der Waals surface area contributed by atoms with Crippen molar-refractivity contribution in [1.82, 2.24) is 15.3 Å². The Bertz CT molecular complexity index is 1340. The SMILES string of the molecule is CC(C(=O)NCc1ccc(C(F)(F)Cl)nc1OCc1cccnc1)c1ccc(NS(C)(=O)=O)c(F)c1. The van der Waals surface area contributed by atoms with Crippen LogP contribution in [0.15, 0.2) is 54.9 Å². The lowest BCUT2D eigenvalue weighted by molar-refractivity contribution is -0.122. The van der Waals surface area contributed by atoms with Gasteiger partial charge >= 0.3 is 5.38 Å². The molecule has 1 atom stereocenters. The van der Waals surface area contributed by atoms with E-state index in [1.54, 1.807) is 24.5 Å². The third-order valence-electron chi connectivity index (χ3n) is 4.96. The summed E-state index contributed by atoms with van der Waals surface area (Å²) in [5.74, 6) is -2.30. The smallest absolute Gasteiger partial charge is 0.364 e. The van der Waals surface area contributed by atoms with Gasteiger partial charge in [0.05, 0.1) is 17.9 Å². The maximum Gasteiger partial charge on any atom is 0.364 e. The van der Waals surface area contributed by atoms with Crippen molar-refractivity contribution in [3.8, 4) is 5.88 Å². The Balaban J connectivity index is 1.73. The van der Waals surface area contributed by atoms with E-state index in [-0.39, 0.29) is 24.7 Å². The largest absolute Gasteiger partial charge is 0.472 e. The first kappa shape index (κ1) is 27.2. The fourth-order valence-electron chi connectivity index (χ4n) is 3.09. The van der Waals surface area contributed by atoms with Crippen LogP contribution in [0.3, 0.4) is 0 Å². The molecule has 0 aliphatic heterocycles. The summed E-state index contributed by atoms with van der Waals surface area (Å²) >= 11 is 5.10. The lowest BCUT2D eigenvalue weighted by Gasteiger charge is -2.17. The molecule has 0 radical (unpaired) electrons. The molecule has 1 unspecified atom stereocenters. The van der Waals surface area contributed by atoms with Crippen LogP contribution in [-0.4, -0.2) is 30.5 Å². The molecule has 1 amide bonds. The molecule has 0 spiro atoms. The second-order valence-corrected chi connectivity index (χ2v) is 10.1. The maximum absolute atomic E-state index is 14.3. The molecule has 3 rings (SSSR count). The highest BCUT2D eigenvalue weighted by molar-refractivity contribution is 7.92. The molecular formula is C23H22ClF3N4O4S. The van der Waals surface area contributed by atoms with E-state index in [2.05, 4.69) is 15.3 Å². The predicted molar refractivity (Wildman–Crippen MR) is 128 cm³/mol. The van der Waals surface area contributed by atoms with Crippen molar-refractivity contribution in [2.24, 2.45) is 0 Å². The molecule has 2 heterocycles. The number of aromatic nitrogens is 2. The number of sulfonamides is 1. The van der Waals surface area contributed by atoms with E-state index in [9.17, 15) is 26.4 Å². The fourth-order valence-corrected chi connectivity index (χ4v) is 3.76. The lowest BCUT2D eigenvalue weighted by Crippen LogP contribution is -2.28. The summed E-state index contributed by atoms with van der Waals surface area (Å²) in [5, 5.41) is -1.08. The van der Waals surface area contributed by atoms with Crippen LogP contribution in [0.2, 0.25) is 0 Å². The van der Waals surface area contributed by atoms with Gasteiger partial charge in [-0.3, -0.25) is 14.5 Å². The number of benzene rings is 1. The van der Waals surface area contributed by atoms with E-state index in [1.807, 2.05) is 4.72 Å². The topological polar surface area (TPSA) is 110 Å². The normalized spacial score (nSPS) is 12.6. The lowest BCUT2D eigenvalue weighted by atomic mass is 9.99. The van der Waals surface area contributed by atoms with Gasteiger partial charge in [-0.2, -0.15) is 8.78 Å². The first-order chi connectivity index (χ1) is 16.8. The summed E-state index contributed by atoms with van der Waals surface area (Å²) in [5.41, 5.74) is 0.315. The number of alkyl halides is 3. The summed E-state index contributed by atoms with van der Waals surface area (Å²) in [7, 11) is -3.67. The van der Waals surface area contributed by atoms with Gasteiger partial charge in [-0.1, -0.05) is 12.1 Å². The quantitative estimate of drug-likeness (QED) is 0.370. The van der Waals surface area contributed by atoms with Gasteiger partial charge in [-0.25, -0.2) is 17.8 Å². The fraction of sp³-hybridized carbons (Fsp3) is 0.261. The average Bonchev–Trinajstić information content (AvgIpc) is 2.81. The van der Waals surface area contributed by atoms with Gasteiger partial charge in [0.15, 0.2) is 0 Å². The Morgan fingerprint density at radius 1 is 1.22 bits per heavy atom. The number of hydrogen-bond donors (Lipinski definition) is 2. The number of carbonyl (C=O) groups excluding carboxylic acids is 1. The Kier molecular flexibility index (Phi) is 8.41. The van der Waals surface area contributed by atoms with Crippen LogP contribution in [0.5, 0.6) is 5.88 Å². The number of anilines is 1. The van der Waals surface area contributed by atoms with Crippen LogP contribution >= 0.6 is 11.6 Å². The van der Waals surface area contributed by atoms with Crippen molar-refractivity contribution in [2.75, 3.05) is 11.0 Å². The van der Waals surface area contributed by atoms with E-state index >= 15 is 0 Å². The zero-order valence-electron chi connectivity index (χ0n) is 19.1. The Morgan fingerprint density at radius 2 is 1.97 bits per heavy atom. The molecule has 8 nitrogen and oxygen atoms in total. The zero-order valence-corrected chi connectivity index (χ0v) is 20.7. The van der Waals surface area contributed by atoms with E-state index in [1.165, 1.54) is 25.1 Å². The number of nitrogens with one attached hydrogen (secondary N) is 2. The number of hydrogen-bond acceptors (Lipinski definition) is 6. The van der Waals surface area contributed by atoms with Gasteiger partial charge in [-0.05, 0) is 54.4 Å². The van der Waals surface area contributed by atoms with Crippen LogP contribution in [-0.2, 0) is 33.4 Å². The predicted octanol–water partition coefficient (Wildman–Crippen LogP) is 4.27. The summed E-state index contributed by atoms with van der Waals surface area (Å²) in [6, 6.07) is 9.44. The van der Waals surface area contributed by atoms with Gasteiger partial charge in [0.25, 0.3) is 0 Å². The number of amides is 1. The zero-order chi connectivity index (χ0) is 26.5. The molecule has 0 saturated heterocycles. The number of rotatable bonds is 10. The van der Waals surface area contributed by atoms with E-state index in [0.29, 0.717) is 16.7 Å². The number of nitrogens with zero attached hydrogens (tertiary/aromatic N) is 2. The third kappa shape index (κ3) is 7.56. The minimum absolute atomic E-state index is 0.0113. The molecule has 0 aliphatic carbocycles. The van der Waals surface area contributed by atoms with Crippen molar-refractivity contribution in [3.05, 3.63) is 83.1 Å². The van der Waals surface area contributed by atoms with Gasteiger partial charge in [-0.15, -0.1) is 0 Å². The molecule has 0 aliphatic rings. The minimum Gasteiger partial charge on any atom is -0.472 e. The Hall–Kier alpha value is -3.38. The van der Waals surface area contributed by atoms with Crippen molar-refractivity contribution in [1.29, 1.82) is 0 Å². The highest BCUT2D eigenvalue weighted by Crippen LogP contribution is 2.33. The summed E-state index contributed by atoms with van der Waals surface area (Å²) < 4.78 is 71.8. The number of pyridine rings is 2. The standard InChI is InChI=1S/C23H22ClF3N4O4S/c1-14(16-5-7-19(18(25)10-16)31-36(2,33)34)21(32)29-12-17-6-8-20(23(24,26)27)30-22(17)35-13-15-4-3-9-28-11-15/h3-11,14,31H,12-13H2,1-2H3,(H,29,32). The van der Waals surface area contributed by atoms with Crippen molar-refractivity contribution >= 4 is 33.2 Å². The van der Waals surface area contributed by atoms with Crippen LogP contribution in [0.1, 0.15) is 35.2 Å².